The molecule has 15 rings (SSSR count). The van der Waals surface area contributed by atoms with Gasteiger partial charge in [-0.15, -0.1) is 0 Å². The third-order valence-electron chi connectivity index (χ3n) is 13.4. The minimum Gasteiger partial charge on any atom is -0.309 e. The normalized spacial score (nSPS) is 12.8. The zero-order chi connectivity index (χ0) is 37.4. The summed E-state index contributed by atoms with van der Waals surface area (Å²) in [5, 5.41) is 15.5. The molecule has 0 bridgehead atoms. The Labute approximate surface area is 329 Å². The highest BCUT2D eigenvalue weighted by atomic mass is 15.0. The molecule has 0 atom stereocenters. The largest absolute Gasteiger partial charge is 0.309 e. The fourth-order valence-electron chi connectivity index (χ4n) is 11.2. The van der Waals surface area contributed by atoms with Crippen LogP contribution in [0, 0.1) is 0 Å². The van der Waals surface area contributed by atoms with Crippen LogP contribution in [0.3, 0.4) is 0 Å². The monoisotopic (exact) mass is 734 g/mol. The van der Waals surface area contributed by atoms with Crippen molar-refractivity contribution in [3.05, 3.63) is 182 Å². The quantitative estimate of drug-likeness (QED) is 0.168. The summed E-state index contributed by atoms with van der Waals surface area (Å²) in [7, 11) is 0. The zero-order valence-corrected chi connectivity index (χ0v) is 31.1. The maximum atomic E-state index is 2.56. The Balaban J connectivity index is 1.17. The SMILES string of the molecule is c1ccc(-n2c3ccccc3c3c4c5cc6c7cccc8c9c%10c(ccc9n(c6cc5n5c6ccccc6c(cc32)c45)c78)c2ccccc2n%10-c2ccccc2)cc1. The summed E-state index contributed by atoms with van der Waals surface area (Å²) in [4.78, 5) is 0. The van der Waals surface area contributed by atoms with Gasteiger partial charge < -0.3 is 17.9 Å². The molecule has 6 aromatic heterocycles. The molecule has 0 spiro atoms. The van der Waals surface area contributed by atoms with Crippen molar-refractivity contribution in [2.24, 2.45) is 0 Å². The van der Waals surface area contributed by atoms with E-state index in [0.717, 1.165) is 0 Å². The first-order chi connectivity index (χ1) is 28.8. The van der Waals surface area contributed by atoms with Gasteiger partial charge in [-0.25, -0.2) is 0 Å². The first-order valence-corrected chi connectivity index (χ1v) is 20.1. The average Bonchev–Trinajstić information content (AvgIpc) is 4.11. The Kier molecular flexibility index (Phi) is 5.14. The summed E-state index contributed by atoms with van der Waals surface area (Å²) < 4.78 is 10.1. The van der Waals surface area contributed by atoms with Crippen LogP contribution < -0.4 is 0 Å². The lowest BCUT2D eigenvalue weighted by Crippen LogP contribution is -1.93. The highest BCUT2D eigenvalue weighted by Crippen LogP contribution is 2.50. The minimum absolute atomic E-state index is 1.18. The van der Waals surface area contributed by atoms with E-state index in [9.17, 15) is 0 Å². The van der Waals surface area contributed by atoms with Crippen molar-refractivity contribution in [2.45, 2.75) is 0 Å². The standard InChI is InChI=1S/C54H30N4/c1-3-14-31(15-4-1)55-44-25-12-9-20-37(44)49-48(55)29-40-34-19-8-11-24-43(34)57-47-30-46-39(28-41(47)51(49)54(40)57)35-21-13-22-38-50-45(58(46)52(35)38)27-26-36-33-18-7-10-23-42(33)56(53(36)50)32-16-5-2-6-17-32/h1-30H. The Morgan fingerprint density at radius 2 is 0.793 bits per heavy atom. The Bertz CT molecular complexity index is 4230. The topological polar surface area (TPSA) is 18.7 Å². The molecule has 0 radical (unpaired) electrons. The second-order valence-electron chi connectivity index (χ2n) is 16.1. The smallest absolute Gasteiger partial charge is 0.0641 e. The van der Waals surface area contributed by atoms with Crippen LogP contribution in [0.1, 0.15) is 0 Å². The van der Waals surface area contributed by atoms with Gasteiger partial charge >= 0.3 is 0 Å². The molecule has 0 saturated heterocycles. The van der Waals surface area contributed by atoms with Crippen molar-refractivity contribution < 1.29 is 0 Å². The van der Waals surface area contributed by atoms with Crippen molar-refractivity contribution in [1.29, 1.82) is 0 Å². The van der Waals surface area contributed by atoms with Gasteiger partial charge in [0.05, 0.1) is 55.2 Å². The van der Waals surface area contributed by atoms with Crippen LogP contribution in [-0.2, 0) is 0 Å². The minimum atomic E-state index is 1.18. The van der Waals surface area contributed by atoms with Crippen LogP contribution in [-0.4, -0.2) is 17.9 Å². The van der Waals surface area contributed by atoms with Crippen LogP contribution in [0.5, 0.6) is 0 Å². The van der Waals surface area contributed by atoms with E-state index in [2.05, 4.69) is 200 Å². The predicted molar refractivity (Wildman–Crippen MR) is 244 cm³/mol. The van der Waals surface area contributed by atoms with Gasteiger partial charge in [0.25, 0.3) is 0 Å². The average molecular weight is 735 g/mol. The van der Waals surface area contributed by atoms with Gasteiger partial charge in [-0.2, -0.15) is 0 Å². The van der Waals surface area contributed by atoms with Gasteiger partial charge in [0.1, 0.15) is 0 Å². The molecule has 0 aliphatic heterocycles. The zero-order valence-electron chi connectivity index (χ0n) is 31.1. The van der Waals surface area contributed by atoms with Gasteiger partial charge in [0.2, 0.25) is 0 Å². The fraction of sp³-hybridized carbons (Fsp3) is 0. The summed E-state index contributed by atoms with van der Waals surface area (Å²) in [6.45, 7) is 0. The number of aromatic nitrogens is 4. The number of hydrogen-bond acceptors (Lipinski definition) is 0. The number of benzene rings is 9. The molecule has 0 unspecified atom stereocenters. The van der Waals surface area contributed by atoms with E-state index in [4.69, 9.17) is 0 Å². The second-order valence-corrected chi connectivity index (χ2v) is 16.1. The third kappa shape index (κ3) is 3.30. The highest BCUT2D eigenvalue weighted by molar-refractivity contribution is 6.38. The van der Waals surface area contributed by atoms with Gasteiger partial charge in [-0.05, 0) is 66.7 Å². The molecule has 0 N–H and O–H groups in total. The molecule has 6 heterocycles. The lowest BCUT2D eigenvalue weighted by molar-refractivity contribution is 1.18. The molecule has 0 saturated carbocycles. The molecule has 4 heteroatoms. The molecule has 4 nitrogen and oxygen atoms in total. The summed E-state index contributed by atoms with van der Waals surface area (Å²) in [6.07, 6.45) is 0. The van der Waals surface area contributed by atoms with Gasteiger partial charge in [0.15, 0.2) is 0 Å². The molecule has 0 amide bonds. The number of nitrogens with zero attached hydrogens (tertiary/aromatic N) is 4. The van der Waals surface area contributed by atoms with Crippen molar-refractivity contribution in [1.82, 2.24) is 17.9 Å². The molecule has 0 aliphatic carbocycles. The van der Waals surface area contributed by atoms with Gasteiger partial charge in [0, 0.05) is 76.0 Å². The lowest BCUT2D eigenvalue weighted by Gasteiger charge is -2.09. The Morgan fingerprint density at radius 3 is 1.57 bits per heavy atom. The van der Waals surface area contributed by atoms with E-state index in [1.165, 1.54) is 131 Å². The van der Waals surface area contributed by atoms with Crippen molar-refractivity contribution in [3.8, 4) is 11.4 Å². The van der Waals surface area contributed by atoms with Crippen LogP contribution in [0.2, 0.25) is 0 Å². The predicted octanol–water partition coefficient (Wildman–Crippen LogP) is 14.2. The molecule has 266 valence electrons. The summed E-state index contributed by atoms with van der Waals surface area (Å²) >= 11 is 0. The molecule has 15 aromatic rings. The molecule has 0 aliphatic rings. The van der Waals surface area contributed by atoms with Crippen molar-refractivity contribution in [2.75, 3.05) is 0 Å². The van der Waals surface area contributed by atoms with E-state index >= 15 is 0 Å². The van der Waals surface area contributed by atoms with Crippen LogP contribution >= 0.6 is 0 Å². The van der Waals surface area contributed by atoms with E-state index in [-0.39, 0.29) is 0 Å². The first-order valence-electron chi connectivity index (χ1n) is 20.1. The molecule has 58 heavy (non-hydrogen) atoms. The van der Waals surface area contributed by atoms with Gasteiger partial charge in [-0.1, -0.05) is 115 Å². The molecule has 9 aromatic carbocycles. The lowest BCUT2D eigenvalue weighted by atomic mass is 10.0. The van der Waals surface area contributed by atoms with E-state index in [1.54, 1.807) is 0 Å². The molecular weight excluding hydrogens is 705 g/mol. The Morgan fingerprint density at radius 1 is 0.224 bits per heavy atom. The number of hydrogen-bond donors (Lipinski definition) is 0. The second kappa shape index (κ2) is 10.1. The fourth-order valence-corrected chi connectivity index (χ4v) is 11.2. The number of fused-ring (bicyclic) bond motifs is 20. The third-order valence-corrected chi connectivity index (χ3v) is 13.4. The van der Waals surface area contributed by atoms with E-state index < -0.39 is 0 Å². The van der Waals surface area contributed by atoms with Gasteiger partial charge in [-0.3, -0.25) is 0 Å². The van der Waals surface area contributed by atoms with Crippen LogP contribution in [0.25, 0.3) is 131 Å². The number of rotatable bonds is 2. The van der Waals surface area contributed by atoms with E-state index in [1.807, 2.05) is 0 Å². The van der Waals surface area contributed by atoms with Crippen molar-refractivity contribution >= 4 is 120 Å². The Hall–Kier alpha value is -7.82. The van der Waals surface area contributed by atoms with Crippen LogP contribution in [0.4, 0.5) is 0 Å². The molecule has 0 fully saturated rings. The van der Waals surface area contributed by atoms with Crippen LogP contribution in [0.15, 0.2) is 182 Å². The number of para-hydroxylation sites is 6. The van der Waals surface area contributed by atoms with E-state index in [0.29, 0.717) is 0 Å². The summed E-state index contributed by atoms with van der Waals surface area (Å²) in [5.41, 5.74) is 14.9. The maximum absolute atomic E-state index is 2.56. The summed E-state index contributed by atoms with van der Waals surface area (Å²) in [5.74, 6) is 0. The highest BCUT2D eigenvalue weighted by Gasteiger charge is 2.27. The maximum Gasteiger partial charge on any atom is 0.0641 e. The first kappa shape index (κ1) is 29.5. The molecular formula is C54H30N4. The van der Waals surface area contributed by atoms with Crippen molar-refractivity contribution in [3.63, 3.8) is 0 Å². The summed E-state index contributed by atoms with van der Waals surface area (Å²) in [6, 6.07) is 67.6.